The minimum atomic E-state index is -1.48. The highest BCUT2D eigenvalue weighted by molar-refractivity contribution is 7.26. The zero-order valence-electron chi connectivity index (χ0n) is 25.5. The van der Waals surface area contributed by atoms with Crippen molar-refractivity contribution in [3.8, 4) is 0 Å². The summed E-state index contributed by atoms with van der Waals surface area (Å²) in [5, 5.41) is 11.4. The molecular formula is C41H31NOSSi. The third kappa shape index (κ3) is 4.13. The van der Waals surface area contributed by atoms with Gasteiger partial charge in [-0.3, -0.25) is 0 Å². The van der Waals surface area contributed by atoms with Crippen molar-refractivity contribution in [1.82, 2.24) is 0 Å². The molecule has 2 nitrogen and oxygen atoms in total. The lowest BCUT2D eigenvalue weighted by Crippen LogP contribution is -2.37. The first-order chi connectivity index (χ1) is 21.9. The Morgan fingerprint density at radius 1 is 0.533 bits per heavy atom. The number of furan rings is 1. The number of nitrogens with zero attached hydrogens (tertiary/aromatic N) is 1. The maximum Gasteiger partial charge on any atom is 0.159 e. The summed E-state index contributed by atoms with van der Waals surface area (Å²) in [6.45, 7) is 7.21. The fourth-order valence-corrected chi connectivity index (χ4v) is 9.29. The molecule has 2 heterocycles. The topological polar surface area (TPSA) is 16.4 Å². The van der Waals surface area contributed by atoms with Crippen LogP contribution >= 0.6 is 11.3 Å². The molecule has 45 heavy (non-hydrogen) atoms. The van der Waals surface area contributed by atoms with E-state index in [1.807, 2.05) is 17.4 Å². The van der Waals surface area contributed by atoms with E-state index in [4.69, 9.17) is 4.42 Å². The van der Waals surface area contributed by atoms with E-state index < -0.39 is 8.07 Å². The van der Waals surface area contributed by atoms with Crippen molar-refractivity contribution in [3.63, 3.8) is 0 Å². The monoisotopic (exact) mass is 613 g/mol. The summed E-state index contributed by atoms with van der Waals surface area (Å²) in [7, 11) is -1.48. The molecule has 0 atom stereocenters. The molecule has 9 aromatic rings. The van der Waals surface area contributed by atoms with Gasteiger partial charge in [-0.15, -0.1) is 11.3 Å². The molecular weight excluding hydrogens is 583 g/mol. The molecule has 9 rings (SSSR count). The van der Waals surface area contributed by atoms with Crippen LogP contribution in [0.2, 0.25) is 19.6 Å². The fourth-order valence-electron chi connectivity index (χ4n) is 6.88. The minimum Gasteiger partial charge on any atom is -0.454 e. The Morgan fingerprint density at radius 3 is 1.98 bits per heavy atom. The van der Waals surface area contributed by atoms with Gasteiger partial charge in [-0.05, 0) is 53.2 Å². The van der Waals surface area contributed by atoms with E-state index in [9.17, 15) is 0 Å². The first-order valence-electron chi connectivity index (χ1n) is 15.5. The largest absolute Gasteiger partial charge is 0.454 e. The molecule has 4 heteroatoms. The predicted molar refractivity (Wildman–Crippen MR) is 199 cm³/mol. The first kappa shape index (κ1) is 26.5. The molecule has 0 aliphatic heterocycles. The highest BCUT2D eigenvalue weighted by atomic mass is 32.1. The smallest absolute Gasteiger partial charge is 0.159 e. The van der Waals surface area contributed by atoms with Gasteiger partial charge in [0, 0.05) is 47.4 Å². The van der Waals surface area contributed by atoms with E-state index in [1.165, 1.54) is 46.9 Å². The van der Waals surface area contributed by atoms with Crippen molar-refractivity contribution in [2.75, 3.05) is 4.90 Å². The van der Waals surface area contributed by atoms with Gasteiger partial charge in [-0.2, -0.15) is 0 Å². The predicted octanol–water partition coefficient (Wildman–Crippen LogP) is 12.3. The molecule has 0 spiro atoms. The quantitative estimate of drug-likeness (QED) is 0.184. The van der Waals surface area contributed by atoms with Gasteiger partial charge in [-0.1, -0.05) is 116 Å². The summed E-state index contributed by atoms with van der Waals surface area (Å²) >= 11 is 1.90. The number of fused-ring (bicyclic) bond motifs is 9. The maximum atomic E-state index is 6.66. The second kappa shape index (κ2) is 9.80. The molecule has 216 valence electrons. The van der Waals surface area contributed by atoms with Crippen molar-refractivity contribution < 1.29 is 4.42 Å². The highest BCUT2D eigenvalue weighted by Gasteiger charge is 2.24. The van der Waals surface area contributed by atoms with Crippen molar-refractivity contribution in [3.05, 3.63) is 133 Å². The van der Waals surface area contributed by atoms with Crippen LogP contribution in [0.25, 0.3) is 63.7 Å². The third-order valence-electron chi connectivity index (χ3n) is 9.18. The van der Waals surface area contributed by atoms with E-state index in [0.29, 0.717) is 0 Å². The van der Waals surface area contributed by atoms with Crippen LogP contribution in [0.3, 0.4) is 0 Å². The van der Waals surface area contributed by atoms with Crippen LogP contribution in [-0.2, 0) is 0 Å². The number of para-hydroxylation sites is 2. The van der Waals surface area contributed by atoms with Gasteiger partial charge in [0.2, 0.25) is 0 Å². The second-order valence-corrected chi connectivity index (χ2v) is 19.1. The summed E-state index contributed by atoms with van der Waals surface area (Å²) < 4.78 is 9.30. The third-order valence-corrected chi connectivity index (χ3v) is 12.4. The summed E-state index contributed by atoms with van der Waals surface area (Å²) in [4.78, 5) is 2.42. The van der Waals surface area contributed by atoms with Gasteiger partial charge < -0.3 is 9.32 Å². The lowest BCUT2D eigenvalue weighted by atomic mass is 10.0. The van der Waals surface area contributed by atoms with Crippen molar-refractivity contribution in [2.24, 2.45) is 0 Å². The molecule has 2 aromatic heterocycles. The van der Waals surface area contributed by atoms with Crippen molar-refractivity contribution >= 4 is 105 Å². The number of benzene rings is 7. The molecule has 0 saturated carbocycles. The minimum absolute atomic E-state index is 0.901. The lowest BCUT2D eigenvalue weighted by molar-refractivity contribution is 0.669. The first-order valence-corrected chi connectivity index (χ1v) is 19.8. The van der Waals surface area contributed by atoms with Gasteiger partial charge in [0.1, 0.15) is 5.58 Å². The van der Waals surface area contributed by atoms with Crippen molar-refractivity contribution in [1.29, 1.82) is 0 Å². The lowest BCUT2D eigenvalue weighted by Gasteiger charge is -2.28. The molecule has 0 unspecified atom stereocenters. The Hall–Kier alpha value is -4.90. The van der Waals surface area contributed by atoms with Gasteiger partial charge in [0.05, 0.1) is 19.4 Å². The molecule has 0 saturated heterocycles. The Kier molecular flexibility index (Phi) is 5.77. The molecule has 0 bridgehead atoms. The van der Waals surface area contributed by atoms with Crippen LogP contribution in [-0.4, -0.2) is 8.07 Å². The van der Waals surface area contributed by atoms with E-state index >= 15 is 0 Å². The number of hydrogen-bond donors (Lipinski definition) is 0. The van der Waals surface area contributed by atoms with Crippen LogP contribution in [0.4, 0.5) is 17.1 Å². The van der Waals surface area contributed by atoms with Gasteiger partial charge in [0.25, 0.3) is 0 Å². The molecule has 0 radical (unpaired) electrons. The average Bonchev–Trinajstić information content (AvgIpc) is 3.62. The molecule has 0 amide bonds. The molecule has 0 aliphatic carbocycles. The van der Waals surface area contributed by atoms with Gasteiger partial charge in [-0.25, -0.2) is 0 Å². The Morgan fingerprint density at radius 2 is 1.20 bits per heavy atom. The van der Waals surface area contributed by atoms with Gasteiger partial charge in [0.15, 0.2) is 5.58 Å². The normalized spacial score (nSPS) is 12.3. The number of anilines is 3. The molecule has 0 N–H and O–H groups in total. The van der Waals surface area contributed by atoms with Crippen molar-refractivity contribution in [2.45, 2.75) is 19.6 Å². The highest BCUT2D eigenvalue weighted by Crippen LogP contribution is 2.48. The van der Waals surface area contributed by atoms with Crippen LogP contribution in [0.15, 0.2) is 138 Å². The summed E-state index contributed by atoms with van der Waals surface area (Å²) in [6.07, 6.45) is 0. The molecule has 0 fully saturated rings. The number of rotatable bonds is 4. The van der Waals surface area contributed by atoms with Crippen LogP contribution in [0, 0.1) is 0 Å². The zero-order valence-corrected chi connectivity index (χ0v) is 27.3. The van der Waals surface area contributed by atoms with Crippen LogP contribution in [0.1, 0.15) is 0 Å². The standard InChI is InChI=1S/C41H31NOSSi/c1-45(2,3)29-21-19-28(20-22-29)42(36-17-10-16-32-31-14-8-9-18-38(31)43-40(32)36)37-25-35-34-23-26-11-4-5-12-27(26)24-39(34)44-41(35)33-15-7-6-13-30(33)37/h4-25H,1-3H3. The number of hydrogen-bond acceptors (Lipinski definition) is 3. The SMILES string of the molecule is C[Si](C)(C)c1ccc(N(c2cc3c4cc5ccccc5cc4sc3c3ccccc23)c2cccc3c2oc2ccccc23)cc1. The average molecular weight is 614 g/mol. The number of thiophene rings is 1. The Bertz CT molecular complexity index is 2590. The molecule has 0 aliphatic rings. The van der Waals surface area contributed by atoms with Crippen LogP contribution in [0.5, 0.6) is 0 Å². The Labute approximate surface area is 266 Å². The zero-order chi connectivity index (χ0) is 30.3. The molecule has 7 aromatic carbocycles. The Balaban J connectivity index is 1.39. The van der Waals surface area contributed by atoms with Gasteiger partial charge >= 0.3 is 0 Å². The maximum absolute atomic E-state index is 6.66. The van der Waals surface area contributed by atoms with E-state index in [-0.39, 0.29) is 0 Å². The van der Waals surface area contributed by atoms with Crippen LogP contribution < -0.4 is 10.1 Å². The fraction of sp³-hybridized carbons (Fsp3) is 0.0732. The summed E-state index contributed by atoms with van der Waals surface area (Å²) in [5.74, 6) is 0. The second-order valence-electron chi connectivity index (χ2n) is 13.0. The van der Waals surface area contributed by atoms with E-state index in [2.05, 4.69) is 152 Å². The summed E-state index contributed by atoms with van der Waals surface area (Å²) in [6, 6.07) is 48.9. The van der Waals surface area contributed by atoms with E-state index in [1.54, 1.807) is 0 Å². The summed E-state index contributed by atoms with van der Waals surface area (Å²) in [5.41, 5.74) is 5.13. The van der Waals surface area contributed by atoms with E-state index in [0.717, 1.165) is 39.0 Å².